The molecule has 28 heavy (non-hydrogen) atoms. The lowest BCUT2D eigenvalue weighted by Gasteiger charge is -2.13. The third-order valence-electron chi connectivity index (χ3n) is 3.60. The number of hydrazine groups is 1. The summed E-state index contributed by atoms with van der Waals surface area (Å²) in [6, 6.07) is 15.6. The molecular weight excluding hydrogens is 360 g/mol. The second-order valence-corrected chi connectivity index (χ2v) is 5.72. The Labute approximate surface area is 163 Å². The van der Waals surface area contributed by atoms with Gasteiger partial charge in [0.25, 0.3) is 11.8 Å². The Morgan fingerprint density at radius 1 is 1.00 bits per heavy atom. The van der Waals surface area contributed by atoms with Crippen molar-refractivity contribution in [1.29, 1.82) is 0 Å². The minimum atomic E-state index is -1.08. The van der Waals surface area contributed by atoms with E-state index in [1.54, 1.807) is 60.7 Å². The highest BCUT2D eigenvalue weighted by molar-refractivity contribution is 5.96. The van der Waals surface area contributed by atoms with Gasteiger partial charge in [0.15, 0.2) is 6.10 Å². The molecule has 0 aliphatic rings. The Bertz CT molecular complexity index is 832. The number of ether oxygens (including phenoxy) is 2. The molecule has 0 fully saturated rings. The van der Waals surface area contributed by atoms with Crippen LogP contribution in [0.15, 0.2) is 60.7 Å². The SMILES string of the molecule is CCOc1ccc(/C=C/C(=O)O[C@H](C)C(=O)NNC(=O)c2ccccc2)cc1. The van der Waals surface area contributed by atoms with Crippen LogP contribution in [0, 0.1) is 0 Å². The molecule has 0 radical (unpaired) electrons. The predicted octanol–water partition coefficient (Wildman–Crippen LogP) is 2.49. The fraction of sp³-hybridized carbons (Fsp3) is 0.190. The molecule has 0 unspecified atom stereocenters. The maximum absolute atomic E-state index is 11.9. The highest BCUT2D eigenvalue weighted by Gasteiger charge is 2.17. The van der Waals surface area contributed by atoms with Gasteiger partial charge in [-0.2, -0.15) is 0 Å². The van der Waals surface area contributed by atoms with Crippen LogP contribution in [0.2, 0.25) is 0 Å². The van der Waals surface area contributed by atoms with Crippen molar-refractivity contribution in [2.45, 2.75) is 20.0 Å². The summed E-state index contributed by atoms with van der Waals surface area (Å²) in [4.78, 5) is 35.7. The molecule has 1 atom stereocenters. The second-order valence-electron chi connectivity index (χ2n) is 5.72. The zero-order valence-electron chi connectivity index (χ0n) is 15.7. The zero-order chi connectivity index (χ0) is 20.4. The van der Waals surface area contributed by atoms with Gasteiger partial charge in [0.05, 0.1) is 6.61 Å². The van der Waals surface area contributed by atoms with Crippen LogP contribution in [-0.4, -0.2) is 30.5 Å². The monoisotopic (exact) mass is 382 g/mol. The normalized spacial score (nSPS) is 11.5. The topological polar surface area (TPSA) is 93.7 Å². The number of nitrogens with one attached hydrogen (secondary N) is 2. The van der Waals surface area contributed by atoms with E-state index in [-0.39, 0.29) is 0 Å². The minimum absolute atomic E-state index is 0.394. The average molecular weight is 382 g/mol. The van der Waals surface area contributed by atoms with E-state index in [9.17, 15) is 14.4 Å². The van der Waals surface area contributed by atoms with E-state index in [0.717, 1.165) is 11.3 Å². The number of amides is 2. The van der Waals surface area contributed by atoms with Crippen LogP contribution in [0.5, 0.6) is 5.75 Å². The van der Waals surface area contributed by atoms with E-state index < -0.39 is 23.9 Å². The number of benzene rings is 2. The number of carbonyl (C=O) groups excluding carboxylic acids is 3. The minimum Gasteiger partial charge on any atom is -0.494 e. The largest absolute Gasteiger partial charge is 0.494 e. The standard InChI is InChI=1S/C21H22N2O5/c1-3-27-18-12-9-16(10-13-18)11-14-19(24)28-15(2)20(25)22-23-21(26)17-7-5-4-6-8-17/h4-15H,3H2,1-2H3,(H,22,25)(H,23,26)/b14-11+/t15-/m1/s1. The molecule has 7 heteroatoms. The molecule has 0 heterocycles. The summed E-state index contributed by atoms with van der Waals surface area (Å²) < 4.78 is 10.4. The summed E-state index contributed by atoms with van der Waals surface area (Å²) in [5, 5.41) is 0. The third kappa shape index (κ3) is 6.60. The molecule has 0 bridgehead atoms. The van der Waals surface area contributed by atoms with Gasteiger partial charge in [0.2, 0.25) is 0 Å². The van der Waals surface area contributed by atoms with Gasteiger partial charge in [0.1, 0.15) is 5.75 Å². The zero-order valence-corrected chi connectivity index (χ0v) is 15.7. The summed E-state index contributed by atoms with van der Waals surface area (Å²) >= 11 is 0. The second kappa shape index (κ2) is 10.5. The van der Waals surface area contributed by atoms with E-state index in [1.807, 2.05) is 6.92 Å². The van der Waals surface area contributed by atoms with Gasteiger partial charge in [-0.05, 0) is 49.8 Å². The first kappa shape index (κ1) is 20.7. The molecule has 0 aliphatic carbocycles. The molecular formula is C21H22N2O5. The molecule has 0 aliphatic heterocycles. The Morgan fingerprint density at radius 2 is 1.68 bits per heavy atom. The maximum Gasteiger partial charge on any atom is 0.331 e. The van der Waals surface area contributed by atoms with E-state index in [1.165, 1.54) is 13.0 Å². The van der Waals surface area contributed by atoms with Crippen molar-refractivity contribution in [3.05, 3.63) is 71.8 Å². The lowest BCUT2D eigenvalue weighted by molar-refractivity contribution is -0.150. The van der Waals surface area contributed by atoms with Crippen molar-refractivity contribution in [2.75, 3.05) is 6.61 Å². The molecule has 2 rings (SSSR count). The molecule has 2 aromatic carbocycles. The Balaban J connectivity index is 1.79. The van der Waals surface area contributed by atoms with Gasteiger partial charge in [0, 0.05) is 11.6 Å². The van der Waals surface area contributed by atoms with Crippen LogP contribution in [0.4, 0.5) is 0 Å². The molecule has 0 aromatic heterocycles. The van der Waals surface area contributed by atoms with Crippen molar-refractivity contribution < 1.29 is 23.9 Å². The Morgan fingerprint density at radius 3 is 2.32 bits per heavy atom. The van der Waals surface area contributed by atoms with E-state index in [2.05, 4.69) is 10.9 Å². The molecule has 0 saturated heterocycles. The van der Waals surface area contributed by atoms with Gasteiger partial charge in [-0.1, -0.05) is 30.3 Å². The van der Waals surface area contributed by atoms with Crippen molar-refractivity contribution in [2.24, 2.45) is 0 Å². The van der Waals surface area contributed by atoms with E-state index >= 15 is 0 Å². The molecule has 2 aromatic rings. The van der Waals surface area contributed by atoms with Crippen molar-refractivity contribution in [1.82, 2.24) is 10.9 Å². The fourth-order valence-electron chi connectivity index (χ4n) is 2.15. The van der Waals surface area contributed by atoms with Crippen molar-refractivity contribution in [3.63, 3.8) is 0 Å². The molecule has 2 amide bonds. The van der Waals surface area contributed by atoms with Gasteiger partial charge in [-0.3, -0.25) is 20.4 Å². The molecule has 0 saturated carbocycles. The smallest absolute Gasteiger partial charge is 0.331 e. The Kier molecular flexibility index (Phi) is 7.77. The van der Waals surface area contributed by atoms with Crippen LogP contribution in [0.25, 0.3) is 6.08 Å². The van der Waals surface area contributed by atoms with Crippen molar-refractivity contribution in [3.8, 4) is 5.75 Å². The number of esters is 1. The Hall–Kier alpha value is -3.61. The molecule has 2 N–H and O–H groups in total. The van der Waals surface area contributed by atoms with Gasteiger partial charge >= 0.3 is 5.97 Å². The fourth-order valence-corrected chi connectivity index (χ4v) is 2.15. The quantitative estimate of drug-likeness (QED) is 0.436. The molecule has 146 valence electrons. The first-order valence-corrected chi connectivity index (χ1v) is 8.76. The highest BCUT2D eigenvalue weighted by atomic mass is 16.5. The van der Waals surface area contributed by atoms with Crippen LogP contribution in [0.3, 0.4) is 0 Å². The summed E-state index contributed by atoms with van der Waals surface area (Å²) in [5.74, 6) is -1.05. The lowest BCUT2D eigenvalue weighted by Crippen LogP contribution is -2.46. The number of hydrogen-bond donors (Lipinski definition) is 2. The van der Waals surface area contributed by atoms with Gasteiger partial charge in [-0.15, -0.1) is 0 Å². The highest BCUT2D eigenvalue weighted by Crippen LogP contribution is 2.13. The number of rotatable bonds is 7. The molecule has 0 spiro atoms. The van der Waals surface area contributed by atoms with Gasteiger partial charge in [-0.25, -0.2) is 4.79 Å². The van der Waals surface area contributed by atoms with E-state index in [0.29, 0.717) is 12.2 Å². The summed E-state index contributed by atoms with van der Waals surface area (Å²) in [5.41, 5.74) is 5.67. The van der Waals surface area contributed by atoms with Crippen LogP contribution in [0.1, 0.15) is 29.8 Å². The van der Waals surface area contributed by atoms with Crippen LogP contribution < -0.4 is 15.6 Å². The van der Waals surface area contributed by atoms with Crippen LogP contribution in [-0.2, 0) is 14.3 Å². The lowest BCUT2D eigenvalue weighted by atomic mass is 10.2. The third-order valence-corrected chi connectivity index (χ3v) is 3.60. The van der Waals surface area contributed by atoms with E-state index in [4.69, 9.17) is 9.47 Å². The predicted molar refractivity (Wildman–Crippen MR) is 104 cm³/mol. The maximum atomic E-state index is 11.9. The number of carbonyl (C=O) groups is 3. The first-order valence-electron chi connectivity index (χ1n) is 8.76. The van der Waals surface area contributed by atoms with Crippen LogP contribution >= 0.6 is 0 Å². The first-order chi connectivity index (χ1) is 13.5. The summed E-state index contributed by atoms with van der Waals surface area (Å²) in [7, 11) is 0. The summed E-state index contributed by atoms with van der Waals surface area (Å²) in [6.45, 7) is 3.88. The van der Waals surface area contributed by atoms with Gasteiger partial charge < -0.3 is 9.47 Å². The summed E-state index contributed by atoms with van der Waals surface area (Å²) in [6.07, 6.45) is 1.72. The average Bonchev–Trinajstić information content (AvgIpc) is 2.72. The van der Waals surface area contributed by atoms with Crippen molar-refractivity contribution >= 4 is 23.9 Å². The molecule has 7 nitrogen and oxygen atoms in total. The number of hydrogen-bond acceptors (Lipinski definition) is 5.